The number of phosphoric ester groups is 1. The molecule has 0 spiro atoms. The number of aliphatic hydroxyl groups is 3. The van der Waals surface area contributed by atoms with E-state index in [1.165, 1.54) is 57.8 Å². The Morgan fingerprint density at radius 1 is 0.750 bits per heavy atom. The third kappa shape index (κ3) is 35.1. The molecule has 0 aliphatic carbocycles. The second-order valence-electron chi connectivity index (χ2n) is 18.3. The maximum absolute atomic E-state index is 12.8. The summed E-state index contributed by atoms with van der Waals surface area (Å²) in [5.41, 5.74) is 0. The molecule has 2 unspecified atom stereocenters. The molecule has 1 saturated heterocycles. The number of carbonyl (C=O) groups excluding carboxylic acids is 2. The molecule has 0 amide bonds. The number of likely N-dealkylation sites (N-methyl/N-ethyl adjacent to an activating group) is 1. The van der Waals surface area contributed by atoms with E-state index in [4.69, 9.17) is 23.3 Å². The molecule has 1 heterocycles. The van der Waals surface area contributed by atoms with Crippen molar-refractivity contribution in [1.82, 2.24) is 0 Å². The van der Waals surface area contributed by atoms with Gasteiger partial charge in [0.15, 0.2) is 12.4 Å². The quantitative estimate of drug-likeness (QED) is 0.0174. The molecule has 0 aromatic carbocycles. The van der Waals surface area contributed by atoms with Gasteiger partial charge in [-0.05, 0) is 64.2 Å². The van der Waals surface area contributed by atoms with Crippen molar-refractivity contribution in [1.29, 1.82) is 0 Å². The Morgan fingerprint density at radius 2 is 1.33 bits per heavy atom. The Kier molecular flexibility index (Phi) is 35.4. The molecule has 372 valence electrons. The van der Waals surface area contributed by atoms with Gasteiger partial charge in [0.05, 0.1) is 46.1 Å². The van der Waals surface area contributed by atoms with Crippen LogP contribution < -0.4 is 4.89 Å². The lowest BCUT2D eigenvalue weighted by Crippen LogP contribution is -2.43. The predicted octanol–water partition coefficient (Wildman–Crippen LogP) is 9.72. The van der Waals surface area contributed by atoms with Crippen LogP contribution in [-0.4, -0.2) is 110 Å². The Bertz CT molecular complexity index is 1350. The Balaban J connectivity index is 2.47. The zero-order valence-electron chi connectivity index (χ0n) is 40.5. The fourth-order valence-electron chi connectivity index (χ4n) is 7.14. The summed E-state index contributed by atoms with van der Waals surface area (Å²) in [7, 11) is 1.01. The molecule has 1 fully saturated rings. The first-order chi connectivity index (χ1) is 30.7. The molecule has 7 atom stereocenters. The van der Waals surface area contributed by atoms with Gasteiger partial charge >= 0.3 is 11.9 Å². The van der Waals surface area contributed by atoms with Crippen LogP contribution in [0, 0.1) is 5.92 Å². The van der Waals surface area contributed by atoms with Gasteiger partial charge in [-0.3, -0.25) is 14.2 Å². The summed E-state index contributed by atoms with van der Waals surface area (Å²) in [4.78, 5) is 37.9. The lowest BCUT2D eigenvalue weighted by Gasteiger charge is -2.36. The summed E-state index contributed by atoms with van der Waals surface area (Å²) in [6.07, 6.45) is 34.6. The topological polar surface area (TPSA) is 181 Å². The predicted molar refractivity (Wildman–Crippen MR) is 253 cm³/mol. The zero-order valence-corrected chi connectivity index (χ0v) is 41.4. The van der Waals surface area contributed by atoms with Gasteiger partial charge in [-0.15, -0.1) is 0 Å². The molecule has 0 saturated carbocycles. The van der Waals surface area contributed by atoms with Gasteiger partial charge in [-0.1, -0.05) is 140 Å². The molecular weight excluding hydrogens is 838 g/mol. The van der Waals surface area contributed by atoms with E-state index in [0.717, 1.165) is 51.4 Å². The summed E-state index contributed by atoms with van der Waals surface area (Å²) < 4.78 is 39.6. The van der Waals surface area contributed by atoms with Crippen LogP contribution in [0.2, 0.25) is 0 Å². The minimum Gasteiger partial charge on any atom is -0.756 e. The lowest BCUT2D eigenvalue weighted by molar-refractivity contribution is -0.870. The van der Waals surface area contributed by atoms with Crippen molar-refractivity contribution in [2.45, 2.75) is 205 Å². The average Bonchev–Trinajstić information content (AvgIpc) is 3.23. The number of phosphoric acid groups is 1. The number of esters is 2. The number of ether oxygens (including phenoxy) is 3. The molecule has 0 aromatic heterocycles. The van der Waals surface area contributed by atoms with Gasteiger partial charge in [0.1, 0.15) is 19.8 Å². The van der Waals surface area contributed by atoms with Crippen molar-refractivity contribution in [3.05, 3.63) is 48.6 Å². The number of carbonyl (C=O) groups is 2. The number of hydrogen-bond donors (Lipinski definition) is 3. The van der Waals surface area contributed by atoms with E-state index in [1.54, 1.807) is 12.2 Å². The Hall–Kier alpha value is -2.19. The van der Waals surface area contributed by atoms with E-state index in [9.17, 15) is 34.4 Å². The summed E-state index contributed by atoms with van der Waals surface area (Å²) in [5, 5.41) is 31.0. The second-order valence-corrected chi connectivity index (χ2v) is 19.8. The summed E-state index contributed by atoms with van der Waals surface area (Å²) in [6, 6.07) is 0. The van der Waals surface area contributed by atoms with Crippen molar-refractivity contribution < 1.29 is 62.1 Å². The Labute approximate surface area is 387 Å². The molecule has 1 aliphatic rings. The number of hydrogen-bond acceptors (Lipinski definition) is 12. The fraction of sp³-hybridized carbons (Fsp3) is 0.800. The van der Waals surface area contributed by atoms with Crippen LogP contribution >= 0.6 is 7.82 Å². The fourth-order valence-corrected chi connectivity index (χ4v) is 7.86. The van der Waals surface area contributed by atoms with E-state index < -0.39 is 57.1 Å². The molecule has 0 bridgehead atoms. The standard InChI is InChI=1S/C50H90NO12P/c1-6-8-10-11-12-13-14-15-16-17-18-19-20-21-22-23-24-25-31-35-49(55)62-44(42-61-64(57,58)60-39-38-51(3,4)5)41-59-48(54)34-30-27-26-29-33-45-46(53)40-50(56)63-47(45)37-36-43(52)32-28-9-7-2/h12-13,15-16,26,29,36-37,43-47,50,52-53,56H,6-11,14,17-25,27-28,30-35,38-42H2,1-5H3/b13-12-,16-15-,29-26-,37-36+/t43-,44+,45-,46-,47+,50?/m0/s1. The number of quaternary nitrogens is 1. The highest BCUT2D eigenvalue weighted by molar-refractivity contribution is 7.45. The van der Waals surface area contributed by atoms with Gasteiger partial charge in [-0.2, -0.15) is 0 Å². The van der Waals surface area contributed by atoms with Gasteiger partial charge in [-0.25, -0.2) is 0 Å². The van der Waals surface area contributed by atoms with E-state index in [-0.39, 0.29) is 38.4 Å². The minimum atomic E-state index is -4.70. The summed E-state index contributed by atoms with van der Waals surface area (Å²) in [6.45, 7) is 3.78. The molecule has 13 nitrogen and oxygen atoms in total. The summed E-state index contributed by atoms with van der Waals surface area (Å²) >= 11 is 0. The van der Waals surface area contributed by atoms with Gasteiger partial charge < -0.3 is 48.0 Å². The SMILES string of the molecule is CCCCC/C=C\C/C=C\CCCCCCCCCCCC(=O)O[C@H](COC(=O)CCC/C=C\C[C@H]1[C@@H](O)CC(O)O[C@@H]1/C=C/[C@@H](O)CCCCC)COP(=O)([O-])OCC[N+](C)(C)C. The normalized spacial score (nSPS) is 20.4. The van der Waals surface area contributed by atoms with Crippen LogP contribution in [0.3, 0.4) is 0 Å². The molecule has 0 radical (unpaired) electrons. The van der Waals surface area contributed by atoms with E-state index >= 15 is 0 Å². The van der Waals surface area contributed by atoms with Crippen LogP contribution in [-0.2, 0) is 37.4 Å². The first-order valence-corrected chi connectivity index (χ1v) is 26.2. The number of nitrogens with zero attached hydrogens (tertiary/aromatic N) is 1. The molecule has 3 N–H and O–H groups in total. The molecule has 0 aromatic rings. The highest BCUT2D eigenvalue weighted by Crippen LogP contribution is 2.38. The number of unbranched alkanes of at least 4 members (excludes halogenated alkanes) is 15. The van der Waals surface area contributed by atoms with Crippen LogP contribution in [0.15, 0.2) is 48.6 Å². The monoisotopic (exact) mass is 928 g/mol. The van der Waals surface area contributed by atoms with Crippen LogP contribution in [0.4, 0.5) is 0 Å². The maximum atomic E-state index is 12.8. The van der Waals surface area contributed by atoms with Crippen molar-refractivity contribution in [3.8, 4) is 0 Å². The van der Waals surface area contributed by atoms with Crippen LogP contribution in [0.25, 0.3) is 0 Å². The van der Waals surface area contributed by atoms with Crippen molar-refractivity contribution in [3.63, 3.8) is 0 Å². The highest BCUT2D eigenvalue weighted by Gasteiger charge is 2.35. The smallest absolute Gasteiger partial charge is 0.306 e. The molecule has 14 heteroatoms. The molecule has 64 heavy (non-hydrogen) atoms. The van der Waals surface area contributed by atoms with E-state index in [1.807, 2.05) is 33.3 Å². The van der Waals surface area contributed by atoms with Crippen molar-refractivity contribution in [2.75, 3.05) is 47.5 Å². The zero-order chi connectivity index (χ0) is 47.3. The van der Waals surface area contributed by atoms with Gasteiger partial charge in [0, 0.05) is 25.2 Å². The van der Waals surface area contributed by atoms with Crippen molar-refractivity contribution in [2.24, 2.45) is 5.92 Å². The average molecular weight is 928 g/mol. The Morgan fingerprint density at radius 3 is 1.98 bits per heavy atom. The second kappa shape index (κ2) is 37.9. The van der Waals surface area contributed by atoms with Gasteiger partial charge in [0.25, 0.3) is 7.82 Å². The molecule has 1 rings (SSSR count). The van der Waals surface area contributed by atoms with E-state index in [2.05, 4.69) is 38.2 Å². The lowest BCUT2D eigenvalue weighted by atomic mass is 9.87. The third-order valence-electron chi connectivity index (χ3n) is 11.1. The first-order valence-electron chi connectivity index (χ1n) is 24.7. The molecular formula is C50H90NO12P. The number of aliphatic hydroxyl groups excluding tert-OH is 3. The van der Waals surface area contributed by atoms with Crippen LogP contribution in [0.1, 0.15) is 174 Å². The maximum Gasteiger partial charge on any atom is 0.306 e. The number of rotatable bonds is 40. The van der Waals surface area contributed by atoms with Gasteiger partial charge in [0.2, 0.25) is 0 Å². The number of allylic oxidation sites excluding steroid dienone is 6. The van der Waals surface area contributed by atoms with Crippen molar-refractivity contribution >= 4 is 19.8 Å². The highest BCUT2D eigenvalue weighted by atomic mass is 31.2. The largest absolute Gasteiger partial charge is 0.756 e. The first kappa shape index (κ1) is 59.8. The van der Waals surface area contributed by atoms with Crippen LogP contribution in [0.5, 0.6) is 0 Å². The molecule has 1 aliphatic heterocycles. The summed E-state index contributed by atoms with van der Waals surface area (Å²) in [5.74, 6) is -1.35. The van der Waals surface area contributed by atoms with E-state index in [0.29, 0.717) is 43.1 Å². The minimum absolute atomic E-state index is 0.0770. The third-order valence-corrected chi connectivity index (χ3v) is 12.1.